The lowest BCUT2D eigenvalue weighted by atomic mass is 10.2. The molecule has 1 aromatic carbocycles. The summed E-state index contributed by atoms with van der Waals surface area (Å²) in [5.74, 6) is 1.53. The molecule has 0 aromatic heterocycles. The lowest BCUT2D eigenvalue weighted by Crippen LogP contribution is -2.20. The molecule has 0 heterocycles. The minimum atomic E-state index is 0.0768. The van der Waals surface area contributed by atoms with Crippen LogP contribution in [0.1, 0.15) is 18.4 Å². The maximum atomic E-state index is 11.0. The van der Waals surface area contributed by atoms with Gasteiger partial charge in [-0.05, 0) is 30.7 Å². The molecule has 0 fully saturated rings. The van der Waals surface area contributed by atoms with Gasteiger partial charge in [0.15, 0.2) is 11.5 Å². The van der Waals surface area contributed by atoms with E-state index in [1.165, 1.54) is 0 Å². The second kappa shape index (κ2) is 8.37. The standard InChI is InChI=1S/C14H22N2O3/c1-15-14(17)5-4-8-16-10-11-6-7-12(18-2)13(9-11)19-3/h6-7,9,16H,4-5,8,10H2,1-3H3,(H,15,17). The second-order valence-electron chi connectivity index (χ2n) is 4.14. The first-order chi connectivity index (χ1) is 9.21. The van der Waals surface area contributed by atoms with E-state index in [0.29, 0.717) is 6.42 Å². The van der Waals surface area contributed by atoms with E-state index in [4.69, 9.17) is 9.47 Å². The monoisotopic (exact) mass is 266 g/mol. The van der Waals surface area contributed by atoms with Crippen molar-refractivity contribution in [1.29, 1.82) is 0 Å². The number of ether oxygens (including phenoxy) is 2. The van der Waals surface area contributed by atoms with Crippen LogP contribution in [-0.4, -0.2) is 33.7 Å². The molecule has 5 heteroatoms. The molecule has 0 aliphatic rings. The van der Waals surface area contributed by atoms with Gasteiger partial charge >= 0.3 is 0 Å². The number of hydrogen-bond acceptors (Lipinski definition) is 4. The molecule has 2 N–H and O–H groups in total. The number of methoxy groups -OCH3 is 2. The van der Waals surface area contributed by atoms with E-state index in [0.717, 1.165) is 36.6 Å². The van der Waals surface area contributed by atoms with Crippen molar-refractivity contribution in [1.82, 2.24) is 10.6 Å². The maximum Gasteiger partial charge on any atom is 0.219 e. The highest BCUT2D eigenvalue weighted by molar-refractivity contribution is 5.75. The van der Waals surface area contributed by atoms with Gasteiger partial charge < -0.3 is 20.1 Å². The number of carbonyl (C=O) groups is 1. The van der Waals surface area contributed by atoms with Crippen LogP contribution in [0, 0.1) is 0 Å². The van der Waals surface area contributed by atoms with E-state index in [-0.39, 0.29) is 5.91 Å². The van der Waals surface area contributed by atoms with E-state index in [1.807, 2.05) is 18.2 Å². The molecule has 1 rings (SSSR count). The van der Waals surface area contributed by atoms with Crippen molar-refractivity contribution >= 4 is 5.91 Å². The van der Waals surface area contributed by atoms with Crippen molar-refractivity contribution in [2.75, 3.05) is 27.8 Å². The summed E-state index contributed by atoms with van der Waals surface area (Å²) in [5.41, 5.74) is 1.12. The minimum absolute atomic E-state index is 0.0768. The Kier molecular flexibility index (Phi) is 6.74. The Hall–Kier alpha value is -1.75. The SMILES string of the molecule is CNC(=O)CCCNCc1ccc(OC)c(OC)c1. The molecule has 106 valence electrons. The summed E-state index contributed by atoms with van der Waals surface area (Å²) in [6.45, 7) is 1.55. The molecule has 0 bridgehead atoms. The van der Waals surface area contributed by atoms with Gasteiger partial charge in [-0.15, -0.1) is 0 Å². The lowest BCUT2D eigenvalue weighted by Gasteiger charge is -2.10. The lowest BCUT2D eigenvalue weighted by molar-refractivity contribution is -0.120. The normalized spacial score (nSPS) is 10.1. The Morgan fingerprint density at radius 1 is 1.21 bits per heavy atom. The van der Waals surface area contributed by atoms with Crippen LogP contribution in [0.15, 0.2) is 18.2 Å². The van der Waals surface area contributed by atoms with Gasteiger partial charge in [0.25, 0.3) is 0 Å². The highest BCUT2D eigenvalue weighted by Gasteiger charge is 2.04. The van der Waals surface area contributed by atoms with Crippen LogP contribution in [0.5, 0.6) is 11.5 Å². The quantitative estimate of drug-likeness (QED) is 0.697. The fourth-order valence-corrected chi connectivity index (χ4v) is 1.72. The van der Waals surface area contributed by atoms with Gasteiger partial charge in [0.2, 0.25) is 5.91 Å². The Labute approximate surface area is 114 Å². The smallest absolute Gasteiger partial charge is 0.219 e. The van der Waals surface area contributed by atoms with Gasteiger partial charge in [0.1, 0.15) is 0 Å². The van der Waals surface area contributed by atoms with Crippen LogP contribution >= 0.6 is 0 Å². The molecule has 0 saturated carbocycles. The van der Waals surface area contributed by atoms with E-state index < -0.39 is 0 Å². The Bertz CT molecular complexity index is 408. The van der Waals surface area contributed by atoms with Gasteiger partial charge in [0, 0.05) is 20.0 Å². The molecule has 0 unspecified atom stereocenters. The largest absolute Gasteiger partial charge is 0.493 e. The predicted molar refractivity (Wildman–Crippen MR) is 74.6 cm³/mol. The fraction of sp³-hybridized carbons (Fsp3) is 0.500. The van der Waals surface area contributed by atoms with Gasteiger partial charge in [0.05, 0.1) is 14.2 Å². The van der Waals surface area contributed by atoms with E-state index in [1.54, 1.807) is 21.3 Å². The highest BCUT2D eigenvalue weighted by Crippen LogP contribution is 2.27. The van der Waals surface area contributed by atoms with Crippen molar-refractivity contribution in [3.05, 3.63) is 23.8 Å². The van der Waals surface area contributed by atoms with E-state index in [2.05, 4.69) is 10.6 Å². The van der Waals surface area contributed by atoms with Crippen LogP contribution in [0.2, 0.25) is 0 Å². The van der Waals surface area contributed by atoms with Gasteiger partial charge in [-0.2, -0.15) is 0 Å². The zero-order valence-electron chi connectivity index (χ0n) is 11.8. The van der Waals surface area contributed by atoms with Crippen molar-refractivity contribution in [2.45, 2.75) is 19.4 Å². The van der Waals surface area contributed by atoms with E-state index in [9.17, 15) is 4.79 Å². The average molecular weight is 266 g/mol. The Morgan fingerprint density at radius 2 is 1.95 bits per heavy atom. The molecular formula is C14H22N2O3. The molecule has 0 aliphatic heterocycles. The molecule has 0 spiro atoms. The van der Waals surface area contributed by atoms with Crippen molar-refractivity contribution in [2.24, 2.45) is 0 Å². The number of benzene rings is 1. The van der Waals surface area contributed by atoms with Crippen molar-refractivity contribution in [3.63, 3.8) is 0 Å². The summed E-state index contributed by atoms with van der Waals surface area (Å²) >= 11 is 0. The first-order valence-electron chi connectivity index (χ1n) is 6.33. The van der Waals surface area contributed by atoms with Crippen LogP contribution in [0.4, 0.5) is 0 Å². The van der Waals surface area contributed by atoms with Gasteiger partial charge in [-0.3, -0.25) is 4.79 Å². The topological polar surface area (TPSA) is 59.6 Å². The maximum absolute atomic E-state index is 11.0. The average Bonchev–Trinajstić information content (AvgIpc) is 2.46. The molecule has 19 heavy (non-hydrogen) atoms. The Morgan fingerprint density at radius 3 is 2.58 bits per heavy atom. The molecular weight excluding hydrogens is 244 g/mol. The Balaban J connectivity index is 2.35. The van der Waals surface area contributed by atoms with Gasteiger partial charge in [-0.25, -0.2) is 0 Å². The molecule has 5 nitrogen and oxygen atoms in total. The summed E-state index contributed by atoms with van der Waals surface area (Å²) in [4.78, 5) is 11.0. The molecule has 0 aliphatic carbocycles. The third kappa shape index (κ3) is 5.18. The molecule has 0 saturated heterocycles. The predicted octanol–water partition coefficient (Wildman–Crippen LogP) is 1.32. The van der Waals surface area contributed by atoms with Crippen LogP contribution in [-0.2, 0) is 11.3 Å². The molecule has 1 amide bonds. The third-order valence-corrected chi connectivity index (χ3v) is 2.81. The summed E-state index contributed by atoms with van der Waals surface area (Å²) < 4.78 is 10.4. The zero-order valence-corrected chi connectivity index (χ0v) is 11.8. The van der Waals surface area contributed by atoms with Crippen molar-refractivity contribution in [3.8, 4) is 11.5 Å². The van der Waals surface area contributed by atoms with Crippen LogP contribution in [0.25, 0.3) is 0 Å². The molecule has 0 radical (unpaired) electrons. The number of nitrogens with one attached hydrogen (secondary N) is 2. The van der Waals surface area contributed by atoms with Gasteiger partial charge in [-0.1, -0.05) is 6.07 Å². The van der Waals surface area contributed by atoms with Crippen molar-refractivity contribution < 1.29 is 14.3 Å². The van der Waals surface area contributed by atoms with Crippen LogP contribution < -0.4 is 20.1 Å². The second-order valence-corrected chi connectivity index (χ2v) is 4.14. The number of hydrogen-bond donors (Lipinski definition) is 2. The fourth-order valence-electron chi connectivity index (χ4n) is 1.72. The molecule has 1 aromatic rings. The molecule has 0 atom stereocenters. The number of rotatable bonds is 8. The summed E-state index contributed by atoms with van der Waals surface area (Å²) in [6.07, 6.45) is 1.38. The minimum Gasteiger partial charge on any atom is -0.493 e. The summed E-state index contributed by atoms with van der Waals surface area (Å²) in [5, 5.41) is 5.90. The highest BCUT2D eigenvalue weighted by atomic mass is 16.5. The third-order valence-electron chi connectivity index (χ3n) is 2.81. The number of amides is 1. The first kappa shape index (κ1) is 15.3. The van der Waals surface area contributed by atoms with Crippen LogP contribution in [0.3, 0.4) is 0 Å². The number of carbonyl (C=O) groups excluding carboxylic acids is 1. The zero-order chi connectivity index (χ0) is 14.1. The van der Waals surface area contributed by atoms with E-state index >= 15 is 0 Å². The summed E-state index contributed by atoms with van der Waals surface area (Å²) in [6, 6.07) is 5.83. The summed E-state index contributed by atoms with van der Waals surface area (Å²) in [7, 11) is 4.90. The first-order valence-corrected chi connectivity index (χ1v) is 6.33.